The highest BCUT2D eigenvalue weighted by Crippen LogP contribution is 2.39. The van der Waals surface area contributed by atoms with E-state index in [9.17, 15) is 14.9 Å². The lowest BCUT2D eigenvalue weighted by atomic mass is 9.81. The van der Waals surface area contributed by atoms with Crippen LogP contribution in [0.3, 0.4) is 0 Å². The summed E-state index contributed by atoms with van der Waals surface area (Å²) in [6.45, 7) is 3.77. The molecule has 8 nitrogen and oxygen atoms in total. The van der Waals surface area contributed by atoms with Gasteiger partial charge in [-0.15, -0.1) is 0 Å². The maximum Gasteiger partial charge on any atom is 0.336 e. The number of ether oxygens (including phenoxy) is 1. The number of para-hydroxylation sites is 2. The van der Waals surface area contributed by atoms with Gasteiger partial charge in [-0.3, -0.25) is 10.1 Å². The molecule has 1 atom stereocenters. The van der Waals surface area contributed by atoms with Crippen molar-refractivity contribution < 1.29 is 19.4 Å². The third-order valence-electron chi connectivity index (χ3n) is 5.08. The SMILES string of the molecule is CCOC(=O)C1=C(C)NC2=C(C=[NH+]c3ccccc3N2)C1c1cccc([N+](=O)[O-])c1. The van der Waals surface area contributed by atoms with Gasteiger partial charge in [0.25, 0.3) is 5.69 Å². The van der Waals surface area contributed by atoms with Crippen LogP contribution in [-0.2, 0) is 9.53 Å². The molecule has 0 amide bonds. The highest BCUT2D eigenvalue weighted by molar-refractivity contribution is 5.97. The number of rotatable bonds is 4. The number of anilines is 1. The second-order valence-corrected chi connectivity index (χ2v) is 6.96. The molecule has 2 aromatic rings. The Morgan fingerprint density at radius 3 is 2.77 bits per heavy atom. The van der Waals surface area contributed by atoms with Gasteiger partial charge in [0.05, 0.1) is 28.6 Å². The van der Waals surface area contributed by atoms with E-state index in [1.54, 1.807) is 26.0 Å². The second kappa shape index (κ2) is 7.82. The normalized spacial score (nSPS) is 17.3. The van der Waals surface area contributed by atoms with E-state index in [-0.39, 0.29) is 12.3 Å². The van der Waals surface area contributed by atoms with E-state index in [0.29, 0.717) is 22.7 Å². The zero-order valence-corrected chi connectivity index (χ0v) is 16.6. The number of benzene rings is 2. The Hall–Kier alpha value is -3.94. The van der Waals surface area contributed by atoms with Crippen LogP contribution in [0.5, 0.6) is 0 Å². The summed E-state index contributed by atoms with van der Waals surface area (Å²) in [5.41, 5.74) is 4.14. The number of non-ortho nitro benzene ring substituents is 1. The monoisotopic (exact) mass is 405 g/mol. The number of hydrogen-bond acceptors (Lipinski definition) is 6. The third kappa shape index (κ3) is 3.43. The van der Waals surface area contributed by atoms with E-state index >= 15 is 0 Å². The molecule has 0 aliphatic carbocycles. The zero-order chi connectivity index (χ0) is 21.3. The molecular formula is C22H21N4O4+. The molecule has 30 heavy (non-hydrogen) atoms. The van der Waals surface area contributed by atoms with Crippen LogP contribution >= 0.6 is 0 Å². The van der Waals surface area contributed by atoms with E-state index in [2.05, 4.69) is 15.6 Å². The Bertz CT molecular complexity index is 1130. The number of nitro benzene ring substituents is 1. The fraction of sp³-hybridized carbons (Fsp3) is 0.182. The molecule has 2 heterocycles. The molecular weight excluding hydrogens is 384 g/mol. The molecule has 0 saturated heterocycles. The second-order valence-electron chi connectivity index (χ2n) is 6.96. The fourth-order valence-corrected chi connectivity index (χ4v) is 3.75. The number of nitrogens with one attached hydrogen (secondary N) is 3. The molecule has 152 valence electrons. The summed E-state index contributed by atoms with van der Waals surface area (Å²) in [5, 5.41) is 18.0. The summed E-state index contributed by atoms with van der Waals surface area (Å²) < 4.78 is 5.31. The van der Waals surface area contributed by atoms with Gasteiger partial charge in [-0.25, -0.2) is 9.79 Å². The van der Waals surface area contributed by atoms with Crippen molar-refractivity contribution >= 4 is 29.2 Å². The predicted molar refractivity (Wildman–Crippen MR) is 112 cm³/mol. The van der Waals surface area contributed by atoms with Crippen molar-refractivity contribution in [3.63, 3.8) is 0 Å². The lowest BCUT2D eigenvalue weighted by Crippen LogP contribution is -2.62. The summed E-state index contributed by atoms with van der Waals surface area (Å²) in [5.74, 6) is -0.301. The zero-order valence-electron chi connectivity index (χ0n) is 16.6. The molecule has 2 aromatic carbocycles. The number of carbonyl (C=O) groups is 1. The average Bonchev–Trinajstić information content (AvgIpc) is 2.92. The predicted octanol–water partition coefficient (Wildman–Crippen LogP) is 2.24. The molecule has 0 fully saturated rings. The number of nitrogens with zero attached hydrogens (tertiary/aromatic N) is 1. The Morgan fingerprint density at radius 2 is 2.00 bits per heavy atom. The van der Waals surface area contributed by atoms with Gasteiger partial charge < -0.3 is 15.4 Å². The standard InChI is InChI=1S/C22H20N4O4/c1-3-30-22(27)19-13(2)24-21-16(12-23-17-9-4-5-10-18(17)25-21)20(19)14-7-6-8-15(11-14)26(28)29/h4-12,20,24-25H,3H2,1-2H3/p+1. The fourth-order valence-electron chi connectivity index (χ4n) is 3.75. The topological polar surface area (TPSA) is 107 Å². The lowest BCUT2D eigenvalue weighted by Gasteiger charge is -2.29. The van der Waals surface area contributed by atoms with Gasteiger partial charge >= 0.3 is 5.97 Å². The Morgan fingerprint density at radius 1 is 1.20 bits per heavy atom. The van der Waals surface area contributed by atoms with Crippen LogP contribution in [-0.4, -0.2) is 23.7 Å². The molecule has 3 N–H and O–H groups in total. The molecule has 2 aliphatic heterocycles. The van der Waals surface area contributed by atoms with E-state index in [1.807, 2.05) is 30.5 Å². The summed E-state index contributed by atoms with van der Waals surface area (Å²) >= 11 is 0. The van der Waals surface area contributed by atoms with Gasteiger partial charge in [0.15, 0.2) is 6.21 Å². The first-order chi connectivity index (χ1) is 14.5. The molecule has 1 unspecified atom stereocenters. The number of carbonyl (C=O) groups excluding carboxylic acids is 1. The molecule has 0 aromatic heterocycles. The van der Waals surface area contributed by atoms with Crippen LogP contribution in [0.2, 0.25) is 0 Å². The summed E-state index contributed by atoms with van der Waals surface area (Å²) in [4.78, 5) is 27.0. The first-order valence-corrected chi connectivity index (χ1v) is 9.58. The number of fused-ring (bicyclic) bond motifs is 1. The van der Waals surface area contributed by atoms with Crippen LogP contribution in [0, 0.1) is 10.1 Å². The van der Waals surface area contributed by atoms with Gasteiger partial charge in [0.1, 0.15) is 11.5 Å². The summed E-state index contributed by atoms with van der Waals surface area (Å²) in [6, 6.07) is 14.1. The molecule has 2 aliphatic rings. The van der Waals surface area contributed by atoms with Crippen molar-refractivity contribution in [1.29, 1.82) is 0 Å². The van der Waals surface area contributed by atoms with Crippen LogP contribution in [0.15, 0.2) is 71.2 Å². The van der Waals surface area contributed by atoms with Gasteiger partial charge in [0.2, 0.25) is 5.69 Å². The Labute approximate surface area is 173 Å². The van der Waals surface area contributed by atoms with Crippen molar-refractivity contribution in [2.24, 2.45) is 0 Å². The number of allylic oxidation sites excluding steroid dienone is 2. The quantitative estimate of drug-likeness (QED) is 0.409. The van der Waals surface area contributed by atoms with Gasteiger partial charge in [-0.1, -0.05) is 24.3 Å². The van der Waals surface area contributed by atoms with Gasteiger partial charge in [-0.05, 0) is 25.5 Å². The van der Waals surface area contributed by atoms with Crippen LogP contribution < -0.4 is 15.6 Å². The van der Waals surface area contributed by atoms with Crippen LogP contribution in [0.1, 0.15) is 25.3 Å². The van der Waals surface area contributed by atoms with Crippen molar-refractivity contribution in [3.05, 3.63) is 86.9 Å². The number of dihydropyridines is 1. The lowest BCUT2D eigenvalue weighted by molar-refractivity contribution is -0.384. The van der Waals surface area contributed by atoms with Crippen molar-refractivity contribution in [1.82, 2.24) is 5.32 Å². The smallest absolute Gasteiger partial charge is 0.336 e. The molecule has 4 rings (SSSR count). The summed E-state index contributed by atoms with van der Waals surface area (Å²) in [7, 11) is 0. The van der Waals surface area contributed by atoms with Crippen LogP contribution in [0.4, 0.5) is 17.1 Å². The molecule has 8 heteroatoms. The average molecular weight is 405 g/mol. The third-order valence-corrected chi connectivity index (χ3v) is 5.08. The van der Waals surface area contributed by atoms with Crippen molar-refractivity contribution in [3.8, 4) is 0 Å². The van der Waals surface area contributed by atoms with Gasteiger partial charge in [0, 0.05) is 23.9 Å². The van der Waals surface area contributed by atoms with E-state index < -0.39 is 16.8 Å². The maximum absolute atomic E-state index is 12.9. The molecule has 0 bridgehead atoms. The maximum atomic E-state index is 12.9. The van der Waals surface area contributed by atoms with Crippen molar-refractivity contribution in [2.45, 2.75) is 19.8 Å². The minimum atomic E-state index is -0.547. The largest absolute Gasteiger partial charge is 0.463 e. The van der Waals surface area contributed by atoms with E-state index in [0.717, 1.165) is 16.9 Å². The van der Waals surface area contributed by atoms with E-state index in [4.69, 9.17) is 4.74 Å². The van der Waals surface area contributed by atoms with Crippen LogP contribution in [0.25, 0.3) is 0 Å². The van der Waals surface area contributed by atoms with E-state index in [1.165, 1.54) is 12.1 Å². The highest BCUT2D eigenvalue weighted by Gasteiger charge is 2.37. The summed E-state index contributed by atoms with van der Waals surface area (Å²) in [6.07, 6.45) is 1.82. The molecule has 0 spiro atoms. The number of esters is 1. The first-order valence-electron chi connectivity index (χ1n) is 9.58. The molecule has 0 radical (unpaired) electrons. The van der Waals surface area contributed by atoms with Gasteiger partial charge in [-0.2, -0.15) is 0 Å². The Kier molecular flexibility index (Phi) is 5.05. The minimum Gasteiger partial charge on any atom is -0.463 e. The van der Waals surface area contributed by atoms with Crippen molar-refractivity contribution in [2.75, 3.05) is 11.9 Å². The first kappa shape index (κ1) is 19.4. The minimum absolute atomic E-state index is 0.0353. The highest BCUT2D eigenvalue weighted by atomic mass is 16.6. The number of hydrogen-bond donors (Lipinski definition) is 3. The number of nitro groups is 1. The molecule has 0 saturated carbocycles. The Balaban J connectivity index is 1.89.